The molecule has 1 aliphatic rings. The quantitative estimate of drug-likeness (QED) is 0.792. The van der Waals surface area contributed by atoms with Crippen LogP contribution in [0.5, 0.6) is 11.5 Å². The first-order valence-corrected chi connectivity index (χ1v) is 8.36. The van der Waals surface area contributed by atoms with E-state index in [4.69, 9.17) is 14.0 Å². The van der Waals surface area contributed by atoms with Gasteiger partial charge in [0.05, 0.1) is 11.2 Å². The number of ether oxygens (including phenoxy) is 1. The molecule has 1 saturated heterocycles. The largest absolute Gasteiger partial charge is 0.497 e. The van der Waals surface area contributed by atoms with Crippen LogP contribution in [0.1, 0.15) is 39.0 Å². The van der Waals surface area contributed by atoms with Crippen molar-refractivity contribution in [1.29, 1.82) is 0 Å². The molecule has 0 atom stereocenters. The zero-order valence-corrected chi connectivity index (χ0v) is 15.5. The Morgan fingerprint density at radius 1 is 1.04 bits per heavy atom. The maximum Gasteiger partial charge on any atom is 0.497 e. The number of benzene rings is 1. The third-order valence-electron chi connectivity index (χ3n) is 5.11. The summed E-state index contributed by atoms with van der Waals surface area (Å²) in [4.78, 5) is 4.20. The highest BCUT2D eigenvalue weighted by Crippen LogP contribution is 2.37. The summed E-state index contributed by atoms with van der Waals surface area (Å²) >= 11 is 0. The van der Waals surface area contributed by atoms with Crippen LogP contribution in [0.15, 0.2) is 30.5 Å². The second-order valence-corrected chi connectivity index (χ2v) is 7.39. The molecule has 0 aliphatic carbocycles. The van der Waals surface area contributed by atoms with Gasteiger partial charge in [0.25, 0.3) is 0 Å². The molecule has 0 spiro atoms. The SMILES string of the molecule is Cc1nccc(Oc2ccc(B3OC(C)(C)C(C)(C)O3)c(F)c2)c1C. The molecule has 3 rings (SSSR count). The van der Waals surface area contributed by atoms with Crippen molar-refractivity contribution in [2.45, 2.75) is 52.7 Å². The van der Waals surface area contributed by atoms with Gasteiger partial charge in [-0.1, -0.05) is 6.07 Å². The second-order valence-electron chi connectivity index (χ2n) is 7.39. The van der Waals surface area contributed by atoms with Crippen LogP contribution < -0.4 is 10.2 Å². The number of rotatable bonds is 3. The monoisotopic (exact) mass is 343 g/mol. The van der Waals surface area contributed by atoms with Crippen LogP contribution in [0, 0.1) is 19.7 Å². The molecule has 2 heterocycles. The number of hydrogen-bond donors (Lipinski definition) is 0. The summed E-state index contributed by atoms with van der Waals surface area (Å²) in [5, 5.41) is 0. The maximum atomic E-state index is 14.6. The Morgan fingerprint density at radius 2 is 1.68 bits per heavy atom. The average Bonchev–Trinajstić information content (AvgIpc) is 2.72. The lowest BCUT2D eigenvalue weighted by molar-refractivity contribution is 0.00578. The first kappa shape index (κ1) is 17.9. The lowest BCUT2D eigenvalue weighted by Gasteiger charge is -2.32. The Kier molecular flexibility index (Phi) is 4.37. The van der Waals surface area contributed by atoms with Crippen LogP contribution in [0.4, 0.5) is 4.39 Å². The van der Waals surface area contributed by atoms with E-state index in [1.54, 1.807) is 24.4 Å². The number of nitrogens with zero attached hydrogens (tertiary/aromatic N) is 1. The van der Waals surface area contributed by atoms with E-state index in [2.05, 4.69) is 4.98 Å². The van der Waals surface area contributed by atoms with Gasteiger partial charge in [-0.2, -0.15) is 0 Å². The molecule has 1 aromatic heterocycles. The van der Waals surface area contributed by atoms with Crippen LogP contribution >= 0.6 is 0 Å². The van der Waals surface area contributed by atoms with Gasteiger partial charge < -0.3 is 14.0 Å². The van der Waals surface area contributed by atoms with Crippen LogP contribution in [0.25, 0.3) is 0 Å². The molecule has 4 nitrogen and oxygen atoms in total. The van der Waals surface area contributed by atoms with E-state index in [0.717, 1.165) is 11.3 Å². The molecule has 0 radical (unpaired) electrons. The summed E-state index contributed by atoms with van der Waals surface area (Å²) in [6.45, 7) is 11.6. The van der Waals surface area contributed by atoms with Gasteiger partial charge in [0.15, 0.2) is 0 Å². The second kappa shape index (κ2) is 6.11. The van der Waals surface area contributed by atoms with Gasteiger partial charge in [-0.15, -0.1) is 0 Å². The Labute approximate surface area is 148 Å². The number of aromatic nitrogens is 1. The van der Waals surface area contributed by atoms with Crippen molar-refractivity contribution in [1.82, 2.24) is 4.98 Å². The molecular weight excluding hydrogens is 320 g/mol. The molecule has 2 aromatic rings. The Hall–Kier alpha value is -1.92. The third-order valence-corrected chi connectivity index (χ3v) is 5.11. The van der Waals surface area contributed by atoms with Gasteiger partial charge >= 0.3 is 7.12 Å². The topological polar surface area (TPSA) is 40.6 Å². The molecule has 0 N–H and O–H groups in total. The van der Waals surface area contributed by atoms with Crippen molar-refractivity contribution in [3.05, 3.63) is 47.5 Å². The Balaban J connectivity index is 1.84. The molecule has 6 heteroatoms. The van der Waals surface area contributed by atoms with Crippen molar-refractivity contribution in [3.8, 4) is 11.5 Å². The van der Waals surface area contributed by atoms with E-state index in [1.807, 2.05) is 41.5 Å². The standard InChI is InChI=1S/C19H23BFNO3/c1-12-13(2)22-10-9-17(12)23-14-7-8-15(16(21)11-14)20-24-18(3,4)19(5,6)25-20/h7-11H,1-6H3. The van der Waals surface area contributed by atoms with Gasteiger partial charge in [-0.3, -0.25) is 4.98 Å². The minimum atomic E-state index is -0.732. The van der Waals surface area contributed by atoms with E-state index >= 15 is 0 Å². The number of aryl methyl sites for hydroxylation is 1. The van der Waals surface area contributed by atoms with Crippen molar-refractivity contribution >= 4 is 12.6 Å². The minimum Gasteiger partial charge on any atom is -0.457 e. The minimum absolute atomic E-state index is 0.369. The average molecular weight is 343 g/mol. The maximum absolute atomic E-state index is 14.6. The lowest BCUT2D eigenvalue weighted by atomic mass is 9.78. The van der Waals surface area contributed by atoms with E-state index < -0.39 is 24.1 Å². The summed E-state index contributed by atoms with van der Waals surface area (Å²) in [5.74, 6) is 0.668. The third kappa shape index (κ3) is 3.28. The molecule has 0 amide bonds. The molecule has 1 aliphatic heterocycles. The summed E-state index contributed by atoms with van der Waals surface area (Å²) in [7, 11) is -0.732. The van der Waals surface area contributed by atoms with E-state index in [0.29, 0.717) is 17.0 Å². The fourth-order valence-electron chi connectivity index (χ4n) is 2.59. The zero-order chi connectivity index (χ0) is 18.4. The molecule has 0 bridgehead atoms. The zero-order valence-electron chi connectivity index (χ0n) is 15.5. The van der Waals surface area contributed by atoms with E-state index in [1.165, 1.54) is 6.07 Å². The van der Waals surface area contributed by atoms with Gasteiger partial charge in [0, 0.05) is 29.0 Å². The van der Waals surface area contributed by atoms with Gasteiger partial charge in [0.1, 0.15) is 17.3 Å². The van der Waals surface area contributed by atoms with Crippen LogP contribution in [-0.2, 0) is 9.31 Å². The molecule has 0 saturated carbocycles. The number of pyridine rings is 1. The van der Waals surface area contributed by atoms with Gasteiger partial charge in [-0.05, 0) is 53.7 Å². The highest BCUT2D eigenvalue weighted by molar-refractivity contribution is 6.62. The molecule has 132 valence electrons. The van der Waals surface area contributed by atoms with Gasteiger partial charge in [-0.25, -0.2) is 4.39 Å². The summed E-state index contributed by atoms with van der Waals surface area (Å²) < 4.78 is 32.3. The predicted octanol–water partition coefficient (Wildman–Crippen LogP) is 3.93. The van der Waals surface area contributed by atoms with Crippen molar-refractivity contribution in [3.63, 3.8) is 0 Å². The van der Waals surface area contributed by atoms with Crippen LogP contribution in [0.3, 0.4) is 0 Å². The summed E-state index contributed by atoms with van der Waals surface area (Å²) in [6.07, 6.45) is 1.67. The first-order valence-electron chi connectivity index (χ1n) is 8.36. The lowest BCUT2D eigenvalue weighted by Crippen LogP contribution is -2.41. The Bertz CT molecular complexity index is 791. The first-order chi connectivity index (χ1) is 11.6. The number of hydrogen-bond acceptors (Lipinski definition) is 4. The molecule has 25 heavy (non-hydrogen) atoms. The van der Waals surface area contributed by atoms with Crippen molar-refractivity contribution < 1.29 is 18.4 Å². The molecular formula is C19H23BFNO3. The fraction of sp³-hybridized carbons (Fsp3) is 0.421. The smallest absolute Gasteiger partial charge is 0.457 e. The molecule has 0 unspecified atom stereocenters. The van der Waals surface area contributed by atoms with E-state index in [9.17, 15) is 4.39 Å². The van der Waals surface area contributed by atoms with Crippen molar-refractivity contribution in [2.24, 2.45) is 0 Å². The summed E-state index contributed by atoms with van der Waals surface area (Å²) in [6, 6.07) is 6.49. The Morgan fingerprint density at radius 3 is 2.28 bits per heavy atom. The molecule has 1 aromatic carbocycles. The highest BCUT2D eigenvalue weighted by Gasteiger charge is 2.52. The van der Waals surface area contributed by atoms with Crippen LogP contribution in [0.2, 0.25) is 0 Å². The summed E-state index contributed by atoms with van der Waals surface area (Å²) in [5.41, 5.74) is 1.16. The molecule has 1 fully saturated rings. The highest BCUT2D eigenvalue weighted by atomic mass is 19.1. The van der Waals surface area contributed by atoms with Crippen LogP contribution in [-0.4, -0.2) is 23.3 Å². The van der Waals surface area contributed by atoms with Gasteiger partial charge in [0.2, 0.25) is 0 Å². The fourth-order valence-corrected chi connectivity index (χ4v) is 2.59. The predicted molar refractivity (Wildman–Crippen MR) is 95.9 cm³/mol. The number of halogens is 1. The van der Waals surface area contributed by atoms with Crippen molar-refractivity contribution in [2.75, 3.05) is 0 Å². The normalized spacial score (nSPS) is 18.4. The van der Waals surface area contributed by atoms with E-state index in [-0.39, 0.29) is 0 Å².